The molecule has 0 aliphatic heterocycles. The fourth-order valence-electron chi connectivity index (χ4n) is 1.67. The van der Waals surface area contributed by atoms with Crippen molar-refractivity contribution in [1.29, 1.82) is 0 Å². The maximum atomic E-state index is 11.3. The monoisotopic (exact) mass is 218 g/mol. The first kappa shape index (κ1) is 10.7. The van der Waals surface area contributed by atoms with Crippen LogP contribution in [0.15, 0.2) is 24.4 Å². The Morgan fingerprint density at radius 1 is 1.50 bits per heavy atom. The van der Waals surface area contributed by atoms with Crippen LogP contribution in [0.3, 0.4) is 0 Å². The molecule has 0 aliphatic rings. The van der Waals surface area contributed by atoms with E-state index in [4.69, 9.17) is 0 Å². The van der Waals surface area contributed by atoms with Gasteiger partial charge in [-0.15, -0.1) is 0 Å². The third-order valence-electron chi connectivity index (χ3n) is 2.43. The van der Waals surface area contributed by atoms with Crippen LogP contribution < -0.4 is 0 Å². The molecule has 0 saturated carbocycles. The van der Waals surface area contributed by atoms with Gasteiger partial charge in [0.2, 0.25) is 0 Å². The molecule has 0 amide bonds. The van der Waals surface area contributed by atoms with Crippen molar-refractivity contribution in [2.75, 3.05) is 7.11 Å². The van der Waals surface area contributed by atoms with Gasteiger partial charge in [0, 0.05) is 18.1 Å². The number of carbonyl (C=O) groups excluding carboxylic acids is 1. The summed E-state index contributed by atoms with van der Waals surface area (Å²) in [5.74, 6) is -0.315. The molecule has 16 heavy (non-hydrogen) atoms. The molecule has 1 aromatic heterocycles. The van der Waals surface area contributed by atoms with Gasteiger partial charge in [0.1, 0.15) is 0 Å². The smallest absolute Gasteiger partial charge is 0.337 e. The summed E-state index contributed by atoms with van der Waals surface area (Å²) in [7, 11) is 1.38. The fraction of sp³-hybridized carbons (Fsp3) is 0.333. The van der Waals surface area contributed by atoms with E-state index in [1.54, 1.807) is 12.1 Å². The van der Waals surface area contributed by atoms with Crippen LogP contribution in [-0.4, -0.2) is 22.9 Å². The first-order chi connectivity index (χ1) is 7.74. The molecule has 0 bridgehead atoms. The Labute approximate surface area is 93.8 Å². The Hall–Kier alpha value is -1.84. The summed E-state index contributed by atoms with van der Waals surface area (Å²) in [4.78, 5) is 11.3. The zero-order chi connectivity index (χ0) is 11.5. The highest BCUT2D eigenvalue weighted by Gasteiger charge is 2.07. The molecule has 4 nitrogen and oxygen atoms in total. The summed E-state index contributed by atoms with van der Waals surface area (Å²) in [6.07, 6.45) is 2.99. The maximum Gasteiger partial charge on any atom is 0.337 e. The van der Waals surface area contributed by atoms with E-state index < -0.39 is 0 Å². The van der Waals surface area contributed by atoms with E-state index in [-0.39, 0.29) is 5.97 Å². The van der Waals surface area contributed by atoms with Crippen molar-refractivity contribution in [1.82, 2.24) is 9.78 Å². The summed E-state index contributed by atoms with van der Waals surface area (Å²) >= 11 is 0. The number of methoxy groups -OCH3 is 1. The normalized spacial score (nSPS) is 10.6. The number of rotatable bonds is 3. The first-order valence-electron chi connectivity index (χ1n) is 5.30. The molecule has 0 spiro atoms. The number of hydrogen-bond donors (Lipinski definition) is 0. The van der Waals surface area contributed by atoms with Crippen LogP contribution >= 0.6 is 0 Å². The predicted octanol–water partition coefficient (Wildman–Crippen LogP) is 2.23. The average Bonchev–Trinajstić information content (AvgIpc) is 2.69. The van der Waals surface area contributed by atoms with Crippen LogP contribution in [0.5, 0.6) is 0 Å². The Balaban J connectivity index is 2.41. The molecule has 84 valence electrons. The molecule has 0 saturated heterocycles. The molecule has 2 aromatic rings. The second-order valence-corrected chi connectivity index (χ2v) is 3.66. The van der Waals surface area contributed by atoms with Crippen molar-refractivity contribution in [3.05, 3.63) is 30.0 Å². The summed E-state index contributed by atoms with van der Waals surface area (Å²) in [6.45, 7) is 2.99. The van der Waals surface area contributed by atoms with Crippen molar-refractivity contribution < 1.29 is 9.53 Å². The van der Waals surface area contributed by atoms with Crippen molar-refractivity contribution in [2.45, 2.75) is 19.9 Å². The lowest BCUT2D eigenvalue weighted by molar-refractivity contribution is 0.0601. The number of aryl methyl sites for hydroxylation is 1. The number of carbonyl (C=O) groups is 1. The van der Waals surface area contributed by atoms with E-state index in [1.807, 2.05) is 16.9 Å². The lowest BCUT2D eigenvalue weighted by Gasteiger charge is -1.97. The molecule has 0 N–H and O–H groups in total. The summed E-state index contributed by atoms with van der Waals surface area (Å²) in [5.41, 5.74) is 1.46. The predicted molar refractivity (Wildman–Crippen MR) is 61.4 cm³/mol. The molecule has 0 atom stereocenters. The summed E-state index contributed by atoms with van der Waals surface area (Å²) in [5, 5.41) is 5.36. The number of esters is 1. The Bertz CT molecular complexity index is 517. The summed E-state index contributed by atoms with van der Waals surface area (Å²) in [6, 6.07) is 5.38. The van der Waals surface area contributed by atoms with Gasteiger partial charge in [-0.25, -0.2) is 4.79 Å². The maximum absolute atomic E-state index is 11.3. The van der Waals surface area contributed by atoms with E-state index >= 15 is 0 Å². The lowest BCUT2D eigenvalue weighted by atomic mass is 10.2. The lowest BCUT2D eigenvalue weighted by Crippen LogP contribution is -2.00. The number of hydrogen-bond acceptors (Lipinski definition) is 3. The third-order valence-corrected chi connectivity index (χ3v) is 2.43. The summed E-state index contributed by atoms with van der Waals surface area (Å²) < 4.78 is 6.57. The number of ether oxygens (including phenoxy) is 1. The SMILES string of the molecule is CCCn1cc2cc(C(=O)OC)ccc2n1. The van der Waals surface area contributed by atoms with Crippen molar-refractivity contribution in [3.63, 3.8) is 0 Å². The van der Waals surface area contributed by atoms with Gasteiger partial charge in [-0.05, 0) is 24.6 Å². The molecule has 4 heteroatoms. The molecule has 0 unspecified atom stereocenters. The number of nitrogens with zero attached hydrogens (tertiary/aromatic N) is 2. The van der Waals surface area contributed by atoms with Gasteiger partial charge in [-0.2, -0.15) is 5.10 Å². The van der Waals surface area contributed by atoms with E-state index in [0.29, 0.717) is 5.56 Å². The van der Waals surface area contributed by atoms with Crippen LogP contribution in [0.2, 0.25) is 0 Å². The molecule has 2 rings (SSSR count). The van der Waals surface area contributed by atoms with E-state index in [1.165, 1.54) is 7.11 Å². The number of benzene rings is 1. The van der Waals surface area contributed by atoms with Crippen LogP contribution in [0.25, 0.3) is 10.9 Å². The topological polar surface area (TPSA) is 44.1 Å². The highest BCUT2D eigenvalue weighted by molar-refractivity contribution is 5.94. The van der Waals surface area contributed by atoms with E-state index in [2.05, 4.69) is 16.8 Å². The van der Waals surface area contributed by atoms with Gasteiger partial charge >= 0.3 is 5.97 Å². The van der Waals surface area contributed by atoms with Crippen molar-refractivity contribution >= 4 is 16.9 Å². The quantitative estimate of drug-likeness (QED) is 0.742. The van der Waals surface area contributed by atoms with Crippen LogP contribution in [-0.2, 0) is 11.3 Å². The zero-order valence-electron chi connectivity index (χ0n) is 9.43. The van der Waals surface area contributed by atoms with Gasteiger partial charge in [0.15, 0.2) is 0 Å². The van der Waals surface area contributed by atoms with E-state index in [9.17, 15) is 4.79 Å². The number of fused-ring (bicyclic) bond motifs is 1. The minimum Gasteiger partial charge on any atom is -0.465 e. The second kappa shape index (κ2) is 4.35. The molecular formula is C12H14N2O2. The van der Waals surface area contributed by atoms with Crippen molar-refractivity contribution in [3.8, 4) is 0 Å². The molecule has 0 radical (unpaired) electrons. The standard InChI is InChI=1S/C12H14N2O2/c1-3-6-14-8-10-7-9(12(15)16-2)4-5-11(10)13-14/h4-5,7-8H,3,6H2,1-2H3. The second-order valence-electron chi connectivity index (χ2n) is 3.66. The third kappa shape index (κ3) is 1.91. The average molecular weight is 218 g/mol. The first-order valence-corrected chi connectivity index (χ1v) is 5.30. The van der Waals surface area contributed by atoms with Crippen molar-refractivity contribution in [2.24, 2.45) is 0 Å². The zero-order valence-corrected chi connectivity index (χ0v) is 9.43. The minimum absolute atomic E-state index is 0.315. The molecule has 0 fully saturated rings. The highest BCUT2D eigenvalue weighted by Crippen LogP contribution is 2.15. The molecule has 0 aliphatic carbocycles. The Morgan fingerprint density at radius 2 is 2.31 bits per heavy atom. The Morgan fingerprint density at radius 3 is 3.00 bits per heavy atom. The van der Waals surface area contributed by atoms with Gasteiger partial charge in [0.25, 0.3) is 0 Å². The van der Waals surface area contributed by atoms with Gasteiger partial charge in [-0.1, -0.05) is 6.92 Å². The largest absolute Gasteiger partial charge is 0.465 e. The fourth-order valence-corrected chi connectivity index (χ4v) is 1.67. The van der Waals surface area contributed by atoms with Gasteiger partial charge in [0.05, 0.1) is 18.2 Å². The Kier molecular flexibility index (Phi) is 2.90. The van der Waals surface area contributed by atoms with Crippen LogP contribution in [0.4, 0.5) is 0 Å². The molecular weight excluding hydrogens is 204 g/mol. The minimum atomic E-state index is -0.315. The van der Waals surface area contributed by atoms with Crippen LogP contribution in [0.1, 0.15) is 23.7 Å². The van der Waals surface area contributed by atoms with Gasteiger partial charge in [-0.3, -0.25) is 4.68 Å². The molecule has 1 heterocycles. The van der Waals surface area contributed by atoms with E-state index in [0.717, 1.165) is 23.9 Å². The van der Waals surface area contributed by atoms with Crippen LogP contribution in [0, 0.1) is 0 Å². The molecule has 1 aromatic carbocycles. The number of aromatic nitrogens is 2. The highest BCUT2D eigenvalue weighted by atomic mass is 16.5. The van der Waals surface area contributed by atoms with Gasteiger partial charge < -0.3 is 4.74 Å².